The van der Waals surface area contributed by atoms with Gasteiger partial charge < -0.3 is 15.4 Å². The number of benzene rings is 2. The Hall–Kier alpha value is -2.40. The molecule has 2 aromatic carbocycles. The summed E-state index contributed by atoms with van der Waals surface area (Å²) >= 11 is 0. The zero-order chi connectivity index (χ0) is 17.4. The van der Waals surface area contributed by atoms with Crippen molar-refractivity contribution >= 4 is 6.03 Å². The Bertz CT molecular complexity index is 663. The lowest BCUT2D eigenvalue weighted by Crippen LogP contribution is -2.45. The third-order valence-electron chi connectivity index (χ3n) is 4.02. The van der Waals surface area contributed by atoms with Crippen LogP contribution in [0.15, 0.2) is 54.6 Å². The number of ether oxygens (including phenoxy) is 1. The van der Waals surface area contributed by atoms with E-state index in [9.17, 15) is 9.18 Å². The summed E-state index contributed by atoms with van der Waals surface area (Å²) in [4.78, 5) is 11.9. The highest BCUT2D eigenvalue weighted by molar-refractivity contribution is 5.73. The third kappa shape index (κ3) is 4.80. The molecular weight excluding hydrogens is 307 g/mol. The van der Waals surface area contributed by atoms with Gasteiger partial charge in [0.2, 0.25) is 0 Å². The molecule has 2 rings (SSSR count). The van der Waals surface area contributed by atoms with Crippen molar-refractivity contribution in [2.45, 2.75) is 18.9 Å². The maximum Gasteiger partial charge on any atom is 0.314 e. The monoisotopic (exact) mass is 330 g/mol. The van der Waals surface area contributed by atoms with Crippen LogP contribution < -0.4 is 10.6 Å². The van der Waals surface area contributed by atoms with Crippen LogP contribution in [0.5, 0.6) is 0 Å². The molecule has 1 unspecified atom stereocenters. The quantitative estimate of drug-likeness (QED) is 0.819. The van der Waals surface area contributed by atoms with Crippen molar-refractivity contribution in [1.29, 1.82) is 0 Å². The van der Waals surface area contributed by atoms with Crippen LogP contribution in [0.1, 0.15) is 18.1 Å². The summed E-state index contributed by atoms with van der Waals surface area (Å²) in [5.41, 5.74) is 0.644. The van der Waals surface area contributed by atoms with Gasteiger partial charge in [-0.3, -0.25) is 0 Å². The molecule has 0 bridgehead atoms. The van der Waals surface area contributed by atoms with Crippen molar-refractivity contribution in [3.63, 3.8) is 0 Å². The zero-order valence-corrected chi connectivity index (χ0v) is 14.0. The molecule has 0 spiro atoms. The van der Waals surface area contributed by atoms with Crippen LogP contribution >= 0.6 is 0 Å². The van der Waals surface area contributed by atoms with Crippen LogP contribution in [0.4, 0.5) is 9.18 Å². The van der Waals surface area contributed by atoms with Crippen molar-refractivity contribution < 1.29 is 13.9 Å². The van der Waals surface area contributed by atoms with E-state index in [0.717, 1.165) is 12.0 Å². The van der Waals surface area contributed by atoms with E-state index in [1.165, 1.54) is 13.2 Å². The highest BCUT2D eigenvalue weighted by Gasteiger charge is 2.29. The molecule has 4 nitrogen and oxygen atoms in total. The van der Waals surface area contributed by atoms with Crippen LogP contribution in [0.2, 0.25) is 0 Å². The second kappa shape index (κ2) is 8.45. The van der Waals surface area contributed by atoms with E-state index >= 15 is 0 Å². The van der Waals surface area contributed by atoms with Crippen LogP contribution in [-0.4, -0.2) is 26.2 Å². The summed E-state index contributed by atoms with van der Waals surface area (Å²) in [7, 11) is 1.50. The standard InChI is InChI=1S/C19H23FN2O2/c1-19(24-2,16-10-6-7-11-17(16)20)14-22-18(23)21-13-12-15-8-4-3-5-9-15/h3-11H,12-14H2,1-2H3,(H2,21,22,23). The first kappa shape index (κ1) is 17.9. The molecule has 0 radical (unpaired) electrons. The summed E-state index contributed by atoms with van der Waals surface area (Å²) < 4.78 is 19.4. The summed E-state index contributed by atoms with van der Waals surface area (Å²) in [5.74, 6) is -0.354. The fourth-order valence-electron chi connectivity index (χ4n) is 2.44. The molecule has 5 heteroatoms. The van der Waals surface area contributed by atoms with Gasteiger partial charge in [-0.15, -0.1) is 0 Å². The number of hydrogen-bond acceptors (Lipinski definition) is 2. The Balaban J connectivity index is 1.84. The van der Waals surface area contributed by atoms with Gasteiger partial charge in [-0.05, 0) is 25.0 Å². The topological polar surface area (TPSA) is 50.4 Å². The average Bonchev–Trinajstić information content (AvgIpc) is 2.61. The predicted molar refractivity (Wildman–Crippen MR) is 92.3 cm³/mol. The predicted octanol–water partition coefficient (Wildman–Crippen LogP) is 3.23. The number of hydrogen-bond donors (Lipinski definition) is 2. The molecule has 0 saturated carbocycles. The van der Waals surface area contributed by atoms with E-state index in [0.29, 0.717) is 12.1 Å². The SMILES string of the molecule is COC(C)(CNC(=O)NCCc1ccccc1)c1ccccc1F. The number of rotatable bonds is 7. The maximum atomic E-state index is 14.0. The lowest BCUT2D eigenvalue weighted by Gasteiger charge is -2.29. The third-order valence-corrected chi connectivity index (χ3v) is 4.02. The zero-order valence-electron chi connectivity index (χ0n) is 14.0. The second-order valence-electron chi connectivity index (χ2n) is 5.76. The van der Waals surface area contributed by atoms with Crippen LogP contribution in [0.3, 0.4) is 0 Å². The molecule has 1 atom stereocenters. The molecule has 2 N–H and O–H groups in total. The number of methoxy groups -OCH3 is 1. The van der Waals surface area contributed by atoms with Crippen molar-refractivity contribution in [3.05, 3.63) is 71.5 Å². The van der Waals surface area contributed by atoms with Gasteiger partial charge in [0.05, 0.1) is 6.54 Å². The highest BCUT2D eigenvalue weighted by atomic mass is 19.1. The van der Waals surface area contributed by atoms with Gasteiger partial charge in [0, 0.05) is 19.2 Å². The van der Waals surface area contributed by atoms with Gasteiger partial charge in [0.1, 0.15) is 11.4 Å². The fraction of sp³-hybridized carbons (Fsp3) is 0.316. The molecule has 128 valence electrons. The lowest BCUT2D eigenvalue weighted by atomic mass is 9.95. The van der Waals surface area contributed by atoms with Gasteiger partial charge in [0.15, 0.2) is 0 Å². The number of nitrogens with one attached hydrogen (secondary N) is 2. The number of carbonyl (C=O) groups is 1. The van der Waals surface area contributed by atoms with Crippen LogP contribution in [0.25, 0.3) is 0 Å². The minimum absolute atomic E-state index is 0.168. The molecule has 0 saturated heterocycles. The molecular formula is C19H23FN2O2. The molecule has 0 fully saturated rings. The fourth-order valence-corrected chi connectivity index (χ4v) is 2.44. The minimum atomic E-state index is -0.928. The van der Waals surface area contributed by atoms with Crippen LogP contribution in [-0.2, 0) is 16.8 Å². The Morgan fingerprint density at radius 1 is 1.08 bits per heavy atom. The van der Waals surface area contributed by atoms with Crippen molar-refractivity contribution in [2.75, 3.05) is 20.2 Å². The van der Waals surface area contributed by atoms with Crippen molar-refractivity contribution in [2.24, 2.45) is 0 Å². The number of halogens is 1. The first-order valence-electron chi connectivity index (χ1n) is 7.91. The minimum Gasteiger partial charge on any atom is -0.372 e. The summed E-state index contributed by atoms with van der Waals surface area (Å²) in [6.07, 6.45) is 0.753. The molecule has 0 aliphatic heterocycles. The van der Waals surface area contributed by atoms with Gasteiger partial charge in [-0.1, -0.05) is 48.5 Å². The van der Waals surface area contributed by atoms with Crippen molar-refractivity contribution in [1.82, 2.24) is 10.6 Å². The van der Waals surface area contributed by atoms with Gasteiger partial charge in [0.25, 0.3) is 0 Å². The maximum absolute atomic E-state index is 14.0. The molecule has 2 amide bonds. The van der Waals surface area contributed by atoms with Gasteiger partial charge in [-0.25, -0.2) is 9.18 Å². The molecule has 0 aromatic heterocycles. The van der Waals surface area contributed by atoms with E-state index in [4.69, 9.17) is 4.74 Å². The number of amides is 2. The Labute approximate surface area is 142 Å². The van der Waals surface area contributed by atoms with E-state index in [1.54, 1.807) is 25.1 Å². The molecule has 0 aliphatic rings. The Kier molecular flexibility index (Phi) is 6.32. The van der Waals surface area contributed by atoms with E-state index in [-0.39, 0.29) is 18.4 Å². The van der Waals surface area contributed by atoms with E-state index in [1.807, 2.05) is 30.3 Å². The molecule has 2 aromatic rings. The van der Waals surface area contributed by atoms with E-state index < -0.39 is 5.60 Å². The molecule has 24 heavy (non-hydrogen) atoms. The lowest BCUT2D eigenvalue weighted by molar-refractivity contribution is 0.00204. The number of carbonyl (C=O) groups excluding carboxylic acids is 1. The average molecular weight is 330 g/mol. The summed E-state index contributed by atoms with van der Waals surface area (Å²) in [6.45, 7) is 2.44. The molecule has 0 aliphatic carbocycles. The van der Waals surface area contributed by atoms with Gasteiger partial charge >= 0.3 is 6.03 Å². The largest absolute Gasteiger partial charge is 0.372 e. The summed E-state index contributed by atoms with van der Waals surface area (Å²) in [5, 5.41) is 5.54. The van der Waals surface area contributed by atoms with E-state index in [2.05, 4.69) is 10.6 Å². The highest BCUT2D eigenvalue weighted by Crippen LogP contribution is 2.26. The Morgan fingerprint density at radius 3 is 2.42 bits per heavy atom. The Morgan fingerprint density at radius 2 is 1.75 bits per heavy atom. The molecule has 0 heterocycles. The normalized spacial score (nSPS) is 13.1. The second-order valence-corrected chi connectivity index (χ2v) is 5.76. The first-order chi connectivity index (χ1) is 11.5. The van der Waals surface area contributed by atoms with Crippen LogP contribution in [0, 0.1) is 5.82 Å². The smallest absolute Gasteiger partial charge is 0.314 e. The van der Waals surface area contributed by atoms with Gasteiger partial charge in [-0.2, -0.15) is 0 Å². The summed E-state index contributed by atoms with van der Waals surface area (Å²) in [6, 6.07) is 16.0. The van der Waals surface area contributed by atoms with Crippen molar-refractivity contribution in [3.8, 4) is 0 Å². The first-order valence-corrected chi connectivity index (χ1v) is 7.91. The number of urea groups is 1.